The summed E-state index contributed by atoms with van der Waals surface area (Å²) in [6.45, 7) is 1.13. The van der Waals surface area contributed by atoms with Crippen LogP contribution in [0.25, 0.3) is 0 Å². The van der Waals surface area contributed by atoms with Gasteiger partial charge in [0, 0.05) is 18.6 Å². The summed E-state index contributed by atoms with van der Waals surface area (Å²) in [5.74, 6) is -2.46. The van der Waals surface area contributed by atoms with Crippen LogP contribution >= 0.6 is 0 Å². The van der Waals surface area contributed by atoms with Crippen LogP contribution in [0.3, 0.4) is 0 Å². The first-order chi connectivity index (χ1) is 8.54. The molecule has 0 bridgehead atoms. The van der Waals surface area contributed by atoms with Gasteiger partial charge in [0.25, 0.3) is 0 Å². The molecule has 0 aromatic heterocycles. The predicted molar refractivity (Wildman–Crippen MR) is 62.6 cm³/mol. The van der Waals surface area contributed by atoms with Crippen LogP contribution in [-0.4, -0.2) is 24.8 Å². The summed E-state index contributed by atoms with van der Waals surface area (Å²) in [5.41, 5.74) is 0.381. The van der Waals surface area contributed by atoms with E-state index in [9.17, 15) is 14.4 Å². The van der Waals surface area contributed by atoms with Gasteiger partial charge in [0.05, 0.1) is 7.11 Å². The number of rotatable bonds is 4. The van der Waals surface area contributed by atoms with Crippen LogP contribution in [-0.2, 0) is 19.1 Å². The van der Waals surface area contributed by atoms with E-state index in [1.165, 1.54) is 0 Å². The van der Waals surface area contributed by atoms with E-state index < -0.39 is 23.5 Å². The molecule has 0 unspecified atom stereocenters. The van der Waals surface area contributed by atoms with Crippen LogP contribution in [0.2, 0.25) is 0 Å². The summed E-state index contributed by atoms with van der Waals surface area (Å²) < 4.78 is 9.04. The summed E-state index contributed by atoms with van der Waals surface area (Å²) in [5, 5.41) is 0. The second-order valence-corrected chi connectivity index (χ2v) is 3.32. The van der Waals surface area contributed by atoms with Gasteiger partial charge in [-0.15, -0.1) is 0 Å². The fourth-order valence-electron chi connectivity index (χ4n) is 1.19. The Bertz CT molecular complexity index is 487. The fourth-order valence-corrected chi connectivity index (χ4v) is 1.19. The molecule has 5 nitrogen and oxygen atoms in total. The Kier molecular flexibility index (Phi) is 4.80. The molecule has 0 aliphatic rings. The third kappa shape index (κ3) is 3.86. The highest BCUT2D eigenvalue weighted by molar-refractivity contribution is 6.08. The van der Waals surface area contributed by atoms with E-state index in [2.05, 4.69) is 9.47 Å². The topological polar surface area (TPSA) is 69.7 Å². The molecule has 0 saturated carbocycles. The molecule has 0 saturated heterocycles. The van der Waals surface area contributed by atoms with Gasteiger partial charge in [-0.1, -0.05) is 30.3 Å². The highest BCUT2D eigenvalue weighted by Crippen LogP contribution is 2.06. The van der Waals surface area contributed by atoms with E-state index in [4.69, 9.17) is 0 Å². The maximum Gasteiger partial charge on any atom is 0.374 e. The van der Waals surface area contributed by atoms with Crippen molar-refractivity contribution in [2.24, 2.45) is 0 Å². The van der Waals surface area contributed by atoms with Crippen molar-refractivity contribution in [3.05, 3.63) is 47.7 Å². The molecular formula is C13H12O5. The molecule has 1 aromatic rings. The van der Waals surface area contributed by atoms with Crippen LogP contribution in [0, 0.1) is 0 Å². The van der Waals surface area contributed by atoms with Gasteiger partial charge in [-0.2, -0.15) is 0 Å². The molecule has 1 aromatic carbocycles. The Labute approximate surface area is 104 Å². The van der Waals surface area contributed by atoms with Crippen LogP contribution in [0.15, 0.2) is 42.2 Å². The Morgan fingerprint density at radius 1 is 1.11 bits per heavy atom. The molecule has 0 spiro atoms. The van der Waals surface area contributed by atoms with Gasteiger partial charge < -0.3 is 9.47 Å². The summed E-state index contributed by atoms with van der Waals surface area (Å²) in [7, 11) is 1.13. The second kappa shape index (κ2) is 6.34. The number of ether oxygens (including phenoxy) is 2. The van der Waals surface area contributed by atoms with Crippen molar-refractivity contribution in [1.82, 2.24) is 0 Å². The molecule has 0 aliphatic heterocycles. The minimum absolute atomic E-state index is 0.381. The lowest BCUT2D eigenvalue weighted by Crippen LogP contribution is -2.13. The van der Waals surface area contributed by atoms with Crippen LogP contribution < -0.4 is 0 Å². The number of hydrogen-bond acceptors (Lipinski definition) is 5. The zero-order valence-corrected chi connectivity index (χ0v) is 10.0. The van der Waals surface area contributed by atoms with E-state index in [-0.39, 0.29) is 0 Å². The van der Waals surface area contributed by atoms with E-state index >= 15 is 0 Å². The molecule has 0 N–H and O–H groups in total. The Hall–Kier alpha value is -2.43. The number of carbonyl (C=O) groups is 3. The van der Waals surface area contributed by atoms with Gasteiger partial charge in [0.15, 0.2) is 5.78 Å². The maximum absolute atomic E-state index is 11.8. The zero-order chi connectivity index (χ0) is 13.5. The Morgan fingerprint density at radius 3 is 2.22 bits per heavy atom. The maximum atomic E-state index is 11.8. The highest BCUT2D eigenvalue weighted by Gasteiger charge is 2.16. The van der Waals surface area contributed by atoms with Crippen molar-refractivity contribution in [3.63, 3.8) is 0 Å². The lowest BCUT2D eigenvalue weighted by atomic mass is 10.1. The molecule has 0 atom stereocenters. The minimum atomic E-state index is -0.880. The van der Waals surface area contributed by atoms with Gasteiger partial charge in [0.1, 0.15) is 0 Å². The number of benzene rings is 1. The number of methoxy groups -OCH3 is 1. The standard InChI is InChI=1S/C13H12O5/c1-9(14)18-12(13(16)17-2)8-11(15)10-6-4-3-5-7-10/h3-8H,1-2H3. The van der Waals surface area contributed by atoms with Crippen molar-refractivity contribution in [1.29, 1.82) is 0 Å². The molecule has 0 aliphatic carbocycles. The molecule has 0 heterocycles. The van der Waals surface area contributed by atoms with Gasteiger partial charge >= 0.3 is 11.9 Å². The van der Waals surface area contributed by atoms with Crippen LogP contribution in [0.4, 0.5) is 0 Å². The zero-order valence-electron chi connectivity index (χ0n) is 10.0. The van der Waals surface area contributed by atoms with Gasteiger partial charge in [-0.3, -0.25) is 9.59 Å². The summed E-state index contributed by atoms with van der Waals surface area (Å²) >= 11 is 0. The van der Waals surface area contributed by atoms with E-state index in [0.29, 0.717) is 5.56 Å². The van der Waals surface area contributed by atoms with Crippen molar-refractivity contribution in [2.75, 3.05) is 7.11 Å². The van der Waals surface area contributed by atoms with E-state index in [1.807, 2.05) is 0 Å². The minimum Gasteiger partial charge on any atom is -0.463 e. The van der Waals surface area contributed by atoms with Crippen molar-refractivity contribution < 1.29 is 23.9 Å². The number of ketones is 1. The Morgan fingerprint density at radius 2 is 1.72 bits per heavy atom. The molecular weight excluding hydrogens is 236 g/mol. The number of carbonyl (C=O) groups excluding carboxylic acids is 3. The van der Waals surface area contributed by atoms with Crippen molar-refractivity contribution in [2.45, 2.75) is 6.92 Å². The third-order valence-corrected chi connectivity index (χ3v) is 1.96. The highest BCUT2D eigenvalue weighted by atomic mass is 16.6. The molecule has 0 radical (unpaired) electrons. The van der Waals surface area contributed by atoms with E-state index in [0.717, 1.165) is 20.1 Å². The predicted octanol–water partition coefficient (Wildman–Crippen LogP) is 1.49. The summed E-state index contributed by atoms with van der Waals surface area (Å²) in [4.78, 5) is 33.9. The molecule has 0 amide bonds. The average molecular weight is 248 g/mol. The quantitative estimate of drug-likeness (QED) is 0.349. The first kappa shape index (κ1) is 13.6. The number of allylic oxidation sites excluding steroid dienone is 1. The SMILES string of the molecule is COC(=O)C(=CC(=O)c1ccccc1)OC(C)=O. The largest absolute Gasteiger partial charge is 0.463 e. The third-order valence-electron chi connectivity index (χ3n) is 1.96. The van der Waals surface area contributed by atoms with Crippen molar-refractivity contribution >= 4 is 17.7 Å². The second-order valence-electron chi connectivity index (χ2n) is 3.32. The lowest BCUT2D eigenvalue weighted by Gasteiger charge is -2.04. The van der Waals surface area contributed by atoms with Crippen LogP contribution in [0.1, 0.15) is 17.3 Å². The molecule has 0 fully saturated rings. The monoisotopic (exact) mass is 248 g/mol. The van der Waals surface area contributed by atoms with Gasteiger partial charge in [-0.05, 0) is 0 Å². The number of hydrogen-bond donors (Lipinski definition) is 0. The summed E-state index contributed by atoms with van der Waals surface area (Å²) in [6.07, 6.45) is 0.933. The van der Waals surface area contributed by atoms with Crippen molar-refractivity contribution in [3.8, 4) is 0 Å². The first-order valence-corrected chi connectivity index (χ1v) is 5.12. The fraction of sp³-hybridized carbons (Fsp3) is 0.154. The summed E-state index contributed by atoms with van der Waals surface area (Å²) in [6, 6.07) is 8.30. The Balaban J connectivity index is 2.98. The van der Waals surface area contributed by atoms with E-state index in [1.54, 1.807) is 30.3 Å². The average Bonchev–Trinajstić information content (AvgIpc) is 2.37. The molecule has 18 heavy (non-hydrogen) atoms. The van der Waals surface area contributed by atoms with Gasteiger partial charge in [-0.25, -0.2) is 4.79 Å². The lowest BCUT2D eigenvalue weighted by molar-refractivity contribution is -0.148. The molecule has 1 rings (SSSR count). The first-order valence-electron chi connectivity index (χ1n) is 5.12. The molecule has 5 heteroatoms. The molecule has 94 valence electrons. The number of esters is 2. The smallest absolute Gasteiger partial charge is 0.374 e. The van der Waals surface area contributed by atoms with Gasteiger partial charge in [0.2, 0.25) is 5.76 Å². The van der Waals surface area contributed by atoms with Crippen LogP contribution in [0.5, 0.6) is 0 Å². The normalized spacial score (nSPS) is 10.7.